The molecule has 5 atom stereocenters. The number of nitrogens with zero attached hydrogens (tertiary/aromatic N) is 1. The molecule has 0 bridgehead atoms. The van der Waals surface area contributed by atoms with Crippen LogP contribution in [0.4, 0.5) is 0 Å². The fraction of sp³-hybridized carbons (Fsp3) is 0.708. The molecule has 1 aliphatic heterocycles. The van der Waals surface area contributed by atoms with Crippen LogP contribution in [0.15, 0.2) is 23.2 Å². The zero-order valence-corrected chi connectivity index (χ0v) is 17.5. The van der Waals surface area contributed by atoms with Gasteiger partial charge in [0.25, 0.3) is 6.02 Å². The van der Waals surface area contributed by atoms with Crippen LogP contribution in [0.1, 0.15) is 71.8 Å². The first-order valence-electron chi connectivity index (χ1n) is 13.3. The van der Waals surface area contributed by atoms with E-state index in [1.54, 1.807) is 33.1 Å². The van der Waals surface area contributed by atoms with Crippen LogP contribution in [-0.2, 0) is 27.8 Å². The van der Waals surface area contributed by atoms with Crippen molar-refractivity contribution in [1.29, 1.82) is 0 Å². The highest BCUT2D eigenvalue weighted by atomic mass is 16.5. The van der Waals surface area contributed by atoms with Crippen molar-refractivity contribution in [1.82, 2.24) is 0 Å². The van der Waals surface area contributed by atoms with Crippen LogP contribution in [0.2, 0.25) is 0 Å². The van der Waals surface area contributed by atoms with E-state index in [9.17, 15) is 0 Å². The summed E-state index contributed by atoms with van der Waals surface area (Å²) in [5, 5.41) is 0. The lowest BCUT2D eigenvalue weighted by Gasteiger charge is -2.50. The van der Waals surface area contributed by atoms with Crippen molar-refractivity contribution in [2.45, 2.75) is 71.3 Å². The molecule has 0 amide bonds. The van der Waals surface area contributed by atoms with E-state index in [2.05, 4.69) is 18.8 Å². The van der Waals surface area contributed by atoms with Gasteiger partial charge in [0, 0.05) is 18.0 Å². The molecular weight excluding hydrogens is 348 g/mol. The second kappa shape index (κ2) is 7.05. The first-order chi connectivity index (χ1) is 15.6. The van der Waals surface area contributed by atoms with Gasteiger partial charge >= 0.3 is 0 Å². The van der Waals surface area contributed by atoms with Gasteiger partial charge in [0.2, 0.25) is 0 Å². The summed E-state index contributed by atoms with van der Waals surface area (Å²) in [7, 11) is 1.71. The van der Waals surface area contributed by atoms with E-state index in [-0.39, 0.29) is 29.5 Å². The minimum Gasteiger partial charge on any atom is -0.462 e. The number of aryl methyl sites for hydroxylation is 1. The number of ether oxygens (including phenoxy) is 2. The Morgan fingerprint density at radius 2 is 2.07 bits per heavy atom. The topological polar surface area (TPSA) is 56.8 Å². The second-order valence-corrected chi connectivity index (χ2v) is 9.18. The summed E-state index contributed by atoms with van der Waals surface area (Å²) in [4.78, 5) is 4.67. The Balaban J connectivity index is 1.93. The molecule has 0 saturated heterocycles. The summed E-state index contributed by atoms with van der Waals surface area (Å²) in [6.45, 7) is 5.31. The highest BCUT2D eigenvalue weighted by Crippen LogP contribution is 2.63. The minimum absolute atomic E-state index is 0.0453. The van der Waals surface area contributed by atoms with Crippen molar-refractivity contribution < 1.29 is 17.7 Å². The molecule has 1 fully saturated rings. The van der Waals surface area contributed by atoms with Gasteiger partial charge in [-0.05, 0) is 66.5 Å². The average molecular weight is 391 g/mol. The normalized spacial score (nSPS) is 42.8. The van der Waals surface area contributed by atoms with Gasteiger partial charge in [-0.3, -0.25) is 0 Å². The maximum absolute atomic E-state index is 8.95. The van der Waals surface area contributed by atoms with Gasteiger partial charge in [-0.2, -0.15) is 0 Å². The van der Waals surface area contributed by atoms with Crippen LogP contribution in [0, 0.1) is 23.2 Å². The van der Waals surface area contributed by atoms with Gasteiger partial charge in [-0.15, -0.1) is 0 Å². The number of nitrogens with two attached hydrogens (primary N) is 1. The van der Waals surface area contributed by atoms with Gasteiger partial charge in [-0.25, -0.2) is 4.99 Å². The Kier molecular flexibility index (Phi) is 3.43. The van der Waals surface area contributed by atoms with Crippen LogP contribution in [0.5, 0.6) is 0 Å². The molecule has 4 nitrogen and oxygen atoms in total. The molecule has 4 heteroatoms. The molecule has 3 unspecified atom stereocenters. The van der Waals surface area contributed by atoms with E-state index in [1.807, 2.05) is 6.07 Å². The predicted octanol–water partition coefficient (Wildman–Crippen LogP) is 4.44. The van der Waals surface area contributed by atoms with Crippen molar-refractivity contribution in [3.8, 4) is 0 Å². The van der Waals surface area contributed by atoms with Gasteiger partial charge < -0.3 is 15.2 Å². The first kappa shape index (κ1) is 13.6. The molecule has 1 heterocycles. The monoisotopic (exact) mass is 390 g/mol. The van der Waals surface area contributed by atoms with Gasteiger partial charge in [0.1, 0.15) is 12.1 Å². The number of benzene rings is 1. The Morgan fingerprint density at radius 3 is 2.64 bits per heavy atom. The number of methoxy groups -OCH3 is 1. The summed E-state index contributed by atoms with van der Waals surface area (Å²) < 4.78 is 63.4. The van der Waals surface area contributed by atoms with Crippen LogP contribution >= 0.6 is 0 Å². The number of hydrogen-bond acceptors (Lipinski definition) is 4. The highest BCUT2D eigenvalue weighted by molar-refractivity contribution is 5.75. The molecule has 0 radical (unpaired) electrons. The Bertz CT molecular complexity index is 999. The van der Waals surface area contributed by atoms with E-state index in [0.29, 0.717) is 24.8 Å². The van der Waals surface area contributed by atoms with E-state index in [0.717, 1.165) is 5.56 Å². The Labute approximate surface area is 178 Å². The maximum Gasteiger partial charge on any atom is 0.283 e. The molecule has 3 aliphatic rings. The predicted molar refractivity (Wildman–Crippen MR) is 113 cm³/mol. The third-order valence-electron chi connectivity index (χ3n) is 6.70. The summed E-state index contributed by atoms with van der Waals surface area (Å²) in [5.41, 5.74) is 5.52. The van der Waals surface area contributed by atoms with E-state index in [4.69, 9.17) is 23.4 Å². The first-order valence-corrected chi connectivity index (χ1v) is 10.3. The molecule has 1 aromatic carbocycles. The number of rotatable bonds is 4. The standard InChI is InChI=1S/C24H36N2O2/c1-15(2)6-7-18-8-9-19-13-23(11-16(3)21(27-5)17(4)12-23)24(20(19)10-18)14-28-22(25)26-24/h8-10,15-17,21H,6-7,11-14H2,1-5H3,(H2,25,26)/t16-,17+,21?,23?,24?/i6D2,7D2,14D2. The van der Waals surface area contributed by atoms with E-state index >= 15 is 0 Å². The Morgan fingerprint density at radius 1 is 1.36 bits per heavy atom. The highest BCUT2D eigenvalue weighted by Gasteiger charge is 2.63. The second-order valence-electron chi connectivity index (χ2n) is 9.18. The molecule has 2 aliphatic carbocycles. The van der Waals surface area contributed by atoms with Crippen molar-refractivity contribution in [2.75, 3.05) is 13.7 Å². The molecule has 1 saturated carbocycles. The third-order valence-corrected chi connectivity index (χ3v) is 6.70. The molecule has 2 spiro atoms. The molecule has 2 N–H and O–H groups in total. The molecule has 0 aromatic heterocycles. The summed E-state index contributed by atoms with van der Waals surface area (Å²) in [6, 6.07) is 4.86. The lowest BCUT2D eigenvalue weighted by Crippen LogP contribution is -2.51. The quantitative estimate of drug-likeness (QED) is 0.827. The number of aliphatic imine (C=N–C) groups is 1. The molecule has 4 rings (SSSR count). The maximum atomic E-state index is 8.95. The largest absolute Gasteiger partial charge is 0.462 e. The fourth-order valence-corrected chi connectivity index (χ4v) is 5.84. The van der Waals surface area contributed by atoms with Gasteiger partial charge in [0.05, 0.1) is 8.85 Å². The average Bonchev–Trinajstić information content (AvgIpc) is 3.11. The SMILES string of the molecule is [2H]C1([2H])OC(N)=NC12c1cc(C([2H])([2H])C([2H])([2H])C(C)C)ccc1CC21C[C@@H](C)C(OC)[C@@H](C)C1. The zero-order chi connectivity index (χ0) is 25.5. The zero-order valence-electron chi connectivity index (χ0n) is 23.5. The van der Waals surface area contributed by atoms with E-state index < -0.39 is 36.2 Å². The fourth-order valence-electron chi connectivity index (χ4n) is 5.84. The molecule has 1 aromatic rings. The van der Waals surface area contributed by atoms with Crippen LogP contribution in [0.25, 0.3) is 0 Å². The van der Waals surface area contributed by atoms with Crippen LogP contribution in [0.3, 0.4) is 0 Å². The summed E-state index contributed by atoms with van der Waals surface area (Å²) in [5.74, 6) is -0.264. The van der Waals surface area contributed by atoms with Gasteiger partial charge in [0.15, 0.2) is 0 Å². The van der Waals surface area contributed by atoms with Crippen LogP contribution in [-0.4, -0.2) is 25.8 Å². The third kappa shape index (κ3) is 2.96. The summed E-state index contributed by atoms with van der Waals surface area (Å²) >= 11 is 0. The number of hydrogen-bond donors (Lipinski definition) is 1. The van der Waals surface area contributed by atoms with Crippen molar-refractivity contribution in [2.24, 2.45) is 33.9 Å². The molecule has 28 heavy (non-hydrogen) atoms. The molecule has 154 valence electrons. The van der Waals surface area contributed by atoms with Crippen molar-refractivity contribution in [3.05, 3.63) is 34.9 Å². The lowest BCUT2D eigenvalue weighted by atomic mass is 9.57. The van der Waals surface area contributed by atoms with Crippen molar-refractivity contribution in [3.63, 3.8) is 0 Å². The molecular formula is C24H36N2O2. The minimum atomic E-state index is -2.29. The number of amidine groups is 1. The smallest absolute Gasteiger partial charge is 0.283 e. The summed E-state index contributed by atoms with van der Waals surface area (Å²) in [6.07, 6.45) is -2.50. The van der Waals surface area contributed by atoms with Crippen LogP contribution < -0.4 is 5.73 Å². The number of fused-ring (bicyclic) bond motifs is 3. The van der Waals surface area contributed by atoms with Gasteiger partial charge in [-0.1, -0.05) is 45.9 Å². The van der Waals surface area contributed by atoms with Crippen molar-refractivity contribution >= 4 is 6.02 Å². The Hall–Kier alpha value is -1.55. The lowest BCUT2D eigenvalue weighted by molar-refractivity contribution is -0.0779. The van der Waals surface area contributed by atoms with E-state index in [1.165, 1.54) is 0 Å².